The molecule has 0 saturated carbocycles. The summed E-state index contributed by atoms with van der Waals surface area (Å²) in [6.07, 6.45) is 1.37. The van der Waals surface area contributed by atoms with Crippen LogP contribution in [0.5, 0.6) is 5.75 Å². The van der Waals surface area contributed by atoms with Gasteiger partial charge < -0.3 is 10.1 Å². The van der Waals surface area contributed by atoms with E-state index in [1.807, 2.05) is 12.1 Å². The van der Waals surface area contributed by atoms with E-state index >= 15 is 0 Å². The fourth-order valence-corrected chi connectivity index (χ4v) is 3.38. The molecule has 0 aliphatic carbocycles. The molecule has 17 heavy (non-hydrogen) atoms. The summed E-state index contributed by atoms with van der Waals surface area (Å²) in [5, 5.41) is 3.62. The highest BCUT2D eigenvalue weighted by atomic mass is 32.2. The zero-order valence-electron chi connectivity index (χ0n) is 10.6. The lowest BCUT2D eigenvalue weighted by Gasteiger charge is -2.17. The van der Waals surface area contributed by atoms with E-state index in [-0.39, 0.29) is 0 Å². The van der Waals surface area contributed by atoms with Gasteiger partial charge in [0.15, 0.2) is 0 Å². The van der Waals surface area contributed by atoms with Crippen LogP contribution in [0.4, 0.5) is 0 Å². The van der Waals surface area contributed by atoms with Crippen molar-refractivity contribution in [2.24, 2.45) is 5.92 Å². The molecule has 3 heteroatoms. The normalized spacial score (nSPS) is 21.4. The van der Waals surface area contributed by atoms with E-state index in [4.69, 9.17) is 4.74 Å². The van der Waals surface area contributed by atoms with Crippen LogP contribution in [0.2, 0.25) is 0 Å². The average Bonchev–Trinajstić information content (AvgIpc) is 2.89. The highest BCUT2D eigenvalue weighted by molar-refractivity contribution is 7.99. The van der Waals surface area contributed by atoms with Crippen LogP contribution in [-0.2, 0) is 0 Å². The number of rotatable bonds is 5. The minimum atomic E-state index is 0.423. The van der Waals surface area contributed by atoms with Gasteiger partial charge in [0.25, 0.3) is 0 Å². The zero-order valence-corrected chi connectivity index (χ0v) is 11.4. The maximum absolute atomic E-state index is 5.17. The molecule has 1 N–H and O–H groups in total. The minimum absolute atomic E-state index is 0.423. The molecule has 1 aliphatic heterocycles. The van der Waals surface area contributed by atoms with Crippen molar-refractivity contribution in [1.29, 1.82) is 0 Å². The van der Waals surface area contributed by atoms with E-state index < -0.39 is 0 Å². The Morgan fingerprint density at radius 1 is 1.41 bits per heavy atom. The Kier molecular flexibility index (Phi) is 4.75. The lowest BCUT2D eigenvalue weighted by molar-refractivity contribution is 0.414. The van der Waals surface area contributed by atoms with Gasteiger partial charge in [0, 0.05) is 6.04 Å². The Bertz CT molecular complexity index is 333. The first-order valence-electron chi connectivity index (χ1n) is 6.24. The third kappa shape index (κ3) is 3.65. The molecule has 0 amide bonds. The van der Waals surface area contributed by atoms with Crippen LogP contribution >= 0.6 is 11.8 Å². The van der Waals surface area contributed by atoms with Gasteiger partial charge in [-0.1, -0.05) is 12.1 Å². The number of methoxy groups -OCH3 is 1. The second-order valence-electron chi connectivity index (χ2n) is 4.63. The zero-order chi connectivity index (χ0) is 12.1. The number of benzene rings is 1. The number of ether oxygens (including phenoxy) is 1. The van der Waals surface area contributed by atoms with Crippen molar-refractivity contribution >= 4 is 11.8 Å². The number of hydrogen-bond donors (Lipinski definition) is 1. The van der Waals surface area contributed by atoms with Crippen molar-refractivity contribution in [3.8, 4) is 5.75 Å². The Hall–Kier alpha value is -0.670. The third-order valence-electron chi connectivity index (χ3n) is 3.35. The van der Waals surface area contributed by atoms with Crippen molar-refractivity contribution in [2.75, 3.05) is 25.2 Å². The standard InChI is InChI=1S/C14H21NOS/c1-11(15-9-12-7-8-17-10-12)13-3-5-14(16-2)6-4-13/h3-6,11-12,15H,7-10H2,1-2H3. The van der Waals surface area contributed by atoms with Crippen LogP contribution in [0.1, 0.15) is 24.9 Å². The van der Waals surface area contributed by atoms with Crippen molar-refractivity contribution in [2.45, 2.75) is 19.4 Å². The lowest BCUT2D eigenvalue weighted by Crippen LogP contribution is -2.25. The maximum atomic E-state index is 5.17. The van der Waals surface area contributed by atoms with Crippen LogP contribution < -0.4 is 10.1 Å². The molecular formula is C14H21NOS. The van der Waals surface area contributed by atoms with Gasteiger partial charge in [-0.2, -0.15) is 11.8 Å². The van der Waals surface area contributed by atoms with Gasteiger partial charge in [-0.05, 0) is 55.0 Å². The van der Waals surface area contributed by atoms with Gasteiger partial charge in [-0.3, -0.25) is 0 Å². The van der Waals surface area contributed by atoms with Gasteiger partial charge in [0.05, 0.1) is 7.11 Å². The van der Waals surface area contributed by atoms with Gasteiger partial charge in [-0.15, -0.1) is 0 Å². The molecule has 2 atom stereocenters. The van der Waals surface area contributed by atoms with E-state index in [0.717, 1.165) is 18.2 Å². The van der Waals surface area contributed by atoms with Crippen LogP contribution in [0.3, 0.4) is 0 Å². The molecule has 2 nitrogen and oxygen atoms in total. The van der Waals surface area contributed by atoms with Gasteiger partial charge in [0.2, 0.25) is 0 Å². The predicted octanol–water partition coefficient (Wildman–Crippen LogP) is 3.10. The van der Waals surface area contributed by atoms with Crippen LogP contribution in [0.25, 0.3) is 0 Å². The summed E-state index contributed by atoms with van der Waals surface area (Å²) in [4.78, 5) is 0. The van der Waals surface area contributed by atoms with E-state index in [9.17, 15) is 0 Å². The fraction of sp³-hybridized carbons (Fsp3) is 0.571. The summed E-state index contributed by atoms with van der Waals surface area (Å²) in [6, 6.07) is 8.75. The Morgan fingerprint density at radius 3 is 2.76 bits per heavy atom. The summed E-state index contributed by atoms with van der Waals surface area (Å²) in [7, 11) is 1.70. The summed E-state index contributed by atoms with van der Waals surface area (Å²) >= 11 is 2.08. The first-order chi connectivity index (χ1) is 8.29. The Labute approximate surface area is 108 Å². The summed E-state index contributed by atoms with van der Waals surface area (Å²) in [6.45, 7) is 3.37. The van der Waals surface area contributed by atoms with E-state index in [1.54, 1.807) is 7.11 Å². The van der Waals surface area contributed by atoms with Crippen LogP contribution in [0.15, 0.2) is 24.3 Å². The monoisotopic (exact) mass is 251 g/mol. The van der Waals surface area contributed by atoms with Crippen LogP contribution in [-0.4, -0.2) is 25.2 Å². The molecule has 1 aromatic rings. The molecule has 0 bridgehead atoms. The molecule has 1 aromatic carbocycles. The highest BCUT2D eigenvalue weighted by Gasteiger charge is 2.16. The predicted molar refractivity (Wildman–Crippen MR) is 74.8 cm³/mol. The molecule has 0 spiro atoms. The molecule has 2 unspecified atom stereocenters. The lowest BCUT2D eigenvalue weighted by atomic mass is 10.1. The first-order valence-corrected chi connectivity index (χ1v) is 7.40. The maximum Gasteiger partial charge on any atom is 0.118 e. The molecule has 1 fully saturated rings. The molecule has 0 radical (unpaired) electrons. The second-order valence-corrected chi connectivity index (χ2v) is 5.78. The smallest absolute Gasteiger partial charge is 0.118 e. The van der Waals surface area contributed by atoms with E-state index in [0.29, 0.717) is 6.04 Å². The SMILES string of the molecule is COc1ccc(C(C)NCC2CCSC2)cc1. The summed E-state index contributed by atoms with van der Waals surface area (Å²) in [5.41, 5.74) is 1.33. The number of thioether (sulfide) groups is 1. The molecule has 2 rings (SSSR count). The van der Waals surface area contributed by atoms with Crippen molar-refractivity contribution in [3.05, 3.63) is 29.8 Å². The largest absolute Gasteiger partial charge is 0.497 e. The quantitative estimate of drug-likeness (QED) is 0.869. The average molecular weight is 251 g/mol. The summed E-state index contributed by atoms with van der Waals surface area (Å²) in [5.74, 6) is 4.44. The molecule has 1 saturated heterocycles. The van der Waals surface area contributed by atoms with Crippen LogP contribution in [0, 0.1) is 5.92 Å². The molecule has 1 aliphatic rings. The Balaban J connectivity index is 1.83. The number of hydrogen-bond acceptors (Lipinski definition) is 3. The van der Waals surface area contributed by atoms with E-state index in [1.165, 1.54) is 23.5 Å². The Morgan fingerprint density at radius 2 is 2.18 bits per heavy atom. The highest BCUT2D eigenvalue weighted by Crippen LogP contribution is 2.24. The third-order valence-corrected chi connectivity index (χ3v) is 4.58. The van der Waals surface area contributed by atoms with Gasteiger partial charge in [-0.25, -0.2) is 0 Å². The van der Waals surface area contributed by atoms with Gasteiger partial charge in [0.1, 0.15) is 5.75 Å². The fourth-order valence-electron chi connectivity index (χ4n) is 2.10. The molecule has 0 aromatic heterocycles. The topological polar surface area (TPSA) is 21.3 Å². The molecular weight excluding hydrogens is 230 g/mol. The second kappa shape index (κ2) is 6.31. The molecule has 1 heterocycles. The van der Waals surface area contributed by atoms with Crippen molar-refractivity contribution < 1.29 is 4.74 Å². The minimum Gasteiger partial charge on any atom is -0.497 e. The van der Waals surface area contributed by atoms with E-state index in [2.05, 4.69) is 36.1 Å². The number of nitrogens with one attached hydrogen (secondary N) is 1. The first kappa shape index (κ1) is 12.8. The van der Waals surface area contributed by atoms with Crippen molar-refractivity contribution in [3.63, 3.8) is 0 Å². The van der Waals surface area contributed by atoms with Gasteiger partial charge >= 0.3 is 0 Å². The molecule has 94 valence electrons. The summed E-state index contributed by atoms with van der Waals surface area (Å²) < 4.78 is 5.17. The van der Waals surface area contributed by atoms with Crippen molar-refractivity contribution in [1.82, 2.24) is 5.32 Å².